The predicted octanol–water partition coefficient (Wildman–Crippen LogP) is 3.32. The molecule has 2 N–H and O–H groups in total. The number of hydrogen-bond donors (Lipinski definition) is 2. The molecule has 1 fully saturated rings. The maximum Gasteiger partial charge on any atom is 0.251 e. The maximum atomic E-state index is 13.7. The Balaban J connectivity index is 1.91. The Hall–Kier alpha value is -1.65. The molecule has 2 rings (SSSR count). The maximum absolute atomic E-state index is 13.7. The third-order valence-corrected chi connectivity index (χ3v) is 3.43. The van der Waals surface area contributed by atoms with Gasteiger partial charge in [-0.1, -0.05) is 12.8 Å². The van der Waals surface area contributed by atoms with Crippen molar-refractivity contribution in [3.05, 3.63) is 29.3 Å². The first kappa shape index (κ1) is 14.8. The summed E-state index contributed by atoms with van der Waals surface area (Å²) >= 11 is 0. The molecule has 3 nitrogen and oxygen atoms in total. The van der Waals surface area contributed by atoms with Gasteiger partial charge in [-0.15, -0.1) is 0 Å². The monoisotopic (exact) mass is 282 g/mol. The molecule has 1 aromatic carbocycles. The van der Waals surface area contributed by atoms with Crippen molar-refractivity contribution in [2.24, 2.45) is 5.92 Å². The van der Waals surface area contributed by atoms with E-state index in [9.17, 15) is 13.6 Å². The van der Waals surface area contributed by atoms with Gasteiger partial charge < -0.3 is 10.6 Å². The minimum absolute atomic E-state index is 0.0214. The first-order valence-corrected chi connectivity index (χ1v) is 7.13. The molecule has 5 heteroatoms. The van der Waals surface area contributed by atoms with Crippen molar-refractivity contribution in [2.45, 2.75) is 32.6 Å². The molecule has 0 heterocycles. The highest BCUT2D eigenvalue weighted by molar-refractivity contribution is 5.94. The summed E-state index contributed by atoms with van der Waals surface area (Å²) in [5, 5.41) is 5.30. The van der Waals surface area contributed by atoms with E-state index < -0.39 is 17.5 Å². The van der Waals surface area contributed by atoms with Crippen LogP contribution in [-0.4, -0.2) is 19.0 Å². The summed E-state index contributed by atoms with van der Waals surface area (Å²) in [6.07, 6.45) is 4.60. The Morgan fingerprint density at radius 1 is 1.30 bits per heavy atom. The van der Waals surface area contributed by atoms with Gasteiger partial charge in [0.15, 0.2) is 0 Å². The minimum Gasteiger partial charge on any atom is -0.381 e. The van der Waals surface area contributed by atoms with Crippen molar-refractivity contribution in [3.8, 4) is 0 Å². The molecular formula is C15H20F2N2O. The average molecular weight is 282 g/mol. The van der Waals surface area contributed by atoms with Crippen LogP contribution in [0.4, 0.5) is 14.5 Å². The summed E-state index contributed by atoms with van der Waals surface area (Å²) in [6.45, 7) is 2.72. The topological polar surface area (TPSA) is 41.1 Å². The zero-order valence-electron chi connectivity index (χ0n) is 11.6. The van der Waals surface area contributed by atoms with Gasteiger partial charge in [-0.3, -0.25) is 4.79 Å². The van der Waals surface area contributed by atoms with Gasteiger partial charge in [0, 0.05) is 18.7 Å². The van der Waals surface area contributed by atoms with Crippen molar-refractivity contribution >= 4 is 11.6 Å². The molecule has 0 unspecified atom stereocenters. The van der Waals surface area contributed by atoms with Gasteiger partial charge in [-0.2, -0.15) is 0 Å². The Kier molecular flexibility index (Phi) is 4.93. The van der Waals surface area contributed by atoms with Crippen LogP contribution >= 0.6 is 0 Å². The van der Waals surface area contributed by atoms with E-state index in [4.69, 9.17) is 0 Å². The molecule has 0 bridgehead atoms. The van der Waals surface area contributed by atoms with Crippen molar-refractivity contribution in [1.29, 1.82) is 0 Å². The van der Waals surface area contributed by atoms with Crippen LogP contribution < -0.4 is 10.6 Å². The Morgan fingerprint density at radius 2 is 1.95 bits per heavy atom. The number of benzene rings is 1. The second-order valence-electron chi connectivity index (χ2n) is 5.19. The number of hydrogen-bond acceptors (Lipinski definition) is 2. The fourth-order valence-corrected chi connectivity index (χ4v) is 2.15. The number of carbonyl (C=O) groups excluding carboxylic acids is 1. The summed E-state index contributed by atoms with van der Waals surface area (Å²) in [7, 11) is 0. The van der Waals surface area contributed by atoms with Crippen LogP contribution in [0.15, 0.2) is 12.1 Å². The summed E-state index contributed by atoms with van der Waals surface area (Å²) in [4.78, 5) is 11.8. The Morgan fingerprint density at radius 3 is 2.50 bits per heavy atom. The van der Waals surface area contributed by atoms with Gasteiger partial charge in [-0.25, -0.2) is 8.78 Å². The van der Waals surface area contributed by atoms with E-state index in [1.807, 2.05) is 0 Å². The van der Waals surface area contributed by atoms with Gasteiger partial charge in [0.1, 0.15) is 17.3 Å². The summed E-state index contributed by atoms with van der Waals surface area (Å²) in [5.41, 5.74) is -0.161. The number of anilines is 1. The molecule has 0 saturated heterocycles. The lowest BCUT2D eigenvalue weighted by molar-refractivity contribution is 0.0952. The molecule has 1 aromatic rings. The lowest BCUT2D eigenvalue weighted by Crippen LogP contribution is -2.25. The number of rotatable bonds is 7. The quantitative estimate of drug-likeness (QED) is 0.753. The van der Waals surface area contributed by atoms with E-state index in [1.165, 1.54) is 12.8 Å². The summed E-state index contributed by atoms with van der Waals surface area (Å²) in [6, 6.07) is 2.13. The van der Waals surface area contributed by atoms with Gasteiger partial charge in [-0.05, 0) is 37.8 Å². The van der Waals surface area contributed by atoms with Crippen LogP contribution in [0.25, 0.3) is 0 Å². The third-order valence-electron chi connectivity index (χ3n) is 3.43. The molecule has 110 valence electrons. The van der Waals surface area contributed by atoms with Crippen LogP contribution in [-0.2, 0) is 0 Å². The highest BCUT2D eigenvalue weighted by Crippen LogP contribution is 2.33. The predicted molar refractivity (Wildman–Crippen MR) is 74.8 cm³/mol. The van der Waals surface area contributed by atoms with Crippen molar-refractivity contribution in [2.75, 3.05) is 18.4 Å². The van der Waals surface area contributed by atoms with Gasteiger partial charge >= 0.3 is 0 Å². The summed E-state index contributed by atoms with van der Waals surface area (Å²) in [5.74, 6) is -1.09. The fourth-order valence-electron chi connectivity index (χ4n) is 2.15. The molecule has 1 saturated carbocycles. The highest BCUT2D eigenvalue weighted by atomic mass is 19.1. The molecule has 1 amide bonds. The molecule has 0 spiro atoms. The van der Waals surface area contributed by atoms with E-state index >= 15 is 0 Å². The zero-order valence-corrected chi connectivity index (χ0v) is 11.6. The van der Waals surface area contributed by atoms with Crippen molar-refractivity contribution in [3.63, 3.8) is 0 Å². The van der Waals surface area contributed by atoms with E-state index in [0.29, 0.717) is 13.1 Å². The fraction of sp³-hybridized carbons (Fsp3) is 0.533. The molecule has 0 aromatic heterocycles. The third kappa shape index (κ3) is 3.92. The lowest BCUT2D eigenvalue weighted by Gasteiger charge is -2.09. The highest BCUT2D eigenvalue weighted by Gasteiger charge is 2.20. The van der Waals surface area contributed by atoms with E-state index in [-0.39, 0.29) is 11.3 Å². The van der Waals surface area contributed by atoms with Gasteiger partial charge in [0.25, 0.3) is 5.91 Å². The second kappa shape index (κ2) is 6.68. The van der Waals surface area contributed by atoms with Crippen molar-refractivity contribution < 1.29 is 13.6 Å². The number of halogens is 2. The number of carbonyl (C=O) groups is 1. The molecule has 20 heavy (non-hydrogen) atoms. The zero-order chi connectivity index (χ0) is 14.5. The van der Waals surface area contributed by atoms with Crippen LogP contribution in [0.3, 0.4) is 0 Å². The Bertz CT molecular complexity index is 464. The largest absolute Gasteiger partial charge is 0.381 e. The Labute approximate surface area is 117 Å². The SMILES string of the molecule is CCNc1c(F)cc(C(=O)NCCCC2CC2)cc1F. The smallest absolute Gasteiger partial charge is 0.251 e. The van der Waals surface area contributed by atoms with E-state index in [2.05, 4.69) is 10.6 Å². The van der Waals surface area contributed by atoms with E-state index in [0.717, 1.165) is 30.9 Å². The van der Waals surface area contributed by atoms with Crippen LogP contribution in [0, 0.1) is 17.6 Å². The standard InChI is InChI=1S/C15H20F2N2O/c1-2-18-14-12(16)8-11(9-13(14)17)15(20)19-7-3-4-10-5-6-10/h8-10,18H,2-7H2,1H3,(H,19,20). The number of amides is 1. The molecule has 0 atom stereocenters. The van der Waals surface area contributed by atoms with Crippen LogP contribution in [0.1, 0.15) is 43.0 Å². The van der Waals surface area contributed by atoms with E-state index in [1.54, 1.807) is 6.92 Å². The lowest BCUT2D eigenvalue weighted by atomic mass is 10.1. The average Bonchev–Trinajstić information content (AvgIpc) is 3.22. The number of nitrogens with one attached hydrogen (secondary N) is 2. The van der Waals surface area contributed by atoms with Crippen molar-refractivity contribution in [1.82, 2.24) is 5.32 Å². The van der Waals surface area contributed by atoms with Gasteiger partial charge in [0.05, 0.1) is 0 Å². The molecule has 0 radical (unpaired) electrons. The molecule has 1 aliphatic carbocycles. The normalized spacial score (nSPS) is 14.2. The minimum atomic E-state index is -0.741. The van der Waals surface area contributed by atoms with Gasteiger partial charge in [0.2, 0.25) is 0 Å². The molecule has 0 aliphatic heterocycles. The second-order valence-corrected chi connectivity index (χ2v) is 5.19. The van der Waals surface area contributed by atoms with Crippen LogP contribution in [0.5, 0.6) is 0 Å². The van der Waals surface area contributed by atoms with Crippen LogP contribution in [0.2, 0.25) is 0 Å². The first-order valence-electron chi connectivity index (χ1n) is 7.13. The molecule has 1 aliphatic rings. The summed E-state index contributed by atoms with van der Waals surface area (Å²) < 4.78 is 27.4. The molecular weight excluding hydrogens is 262 g/mol. The first-order chi connectivity index (χ1) is 9.61.